The minimum Gasteiger partial charge on any atom is -0.316 e. The van der Waals surface area contributed by atoms with Crippen molar-refractivity contribution in [2.45, 2.75) is 38.3 Å². The highest BCUT2D eigenvalue weighted by atomic mass is 16.2. The van der Waals surface area contributed by atoms with E-state index in [9.17, 15) is 19.2 Å². The Kier molecular flexibility index (Phi) is 5.23. The van der Waals surface area contributed by atoms with E-state index >= 15 is 0 Å². The molecule has 1 aromatic carbocycles. The van der Waals surface area contributed by atoms with Gasteiger partial charge >= 0.3 is 0 Å². The van der Waals surface area contributed by atoms with Crippen molar-refractivity contribution in [2.24, 2.45) is 5.92 Å². The van der Waals surface area contributed by atoms with E-state index in [2.05, 4.69) is 16.0 Å². The predicted molar refractivity (Wildman–Crippen MR) is 100 cm³/mol. The molecule has 0 radical (unpaired) electrons. The molecule has 4 rings (SSSR count). The van der Waals surface area contributed by atoms with Gasteiger partial charge in [-0.25, -0.2) is 0 Å². The Balaban J connectivity index is 1.38. The third kappa shape index (κ3) is 3.57. The van der Waals surface area contributed by atoms with Crippen LogP contribution in [0, 0.1) is 5.92 Å². The summed E-state index contributed by atoms with van der Waals surface area (Å²) in [7, 11) is 0. The molecule has 1 unspecified atom stereocenters. The molecule has 4 amide bonds. The molecule has 8 heteroatoms. The van der Waals surface area contributed by atoms with E-state index in [0.29, 0.717) is 17.7 Å². The molecule has 3 aliphatic heterocycles. The van der Waals surface area contributed by atoms with Crippen LogP contribution in [0.15, 0.2) is 18.2 Å². The number of hydrogen-bond acceptors (Lipinski definition) is 6. The van der Waals surface area contributed by atoms with Gasteiger partial charge in [-0.3, -0.25) is 29.4 Å². The maximum absolute atomic E-state index is 12.8. The Morgan fingerprint density at radius 3 is 2.57 bits per heavy atom. The molecule has 2 saturated heterocycles. The molecule has 1 aromatic rings. The van der Waals surface area contributed by atoms with Crippen molar-refractivity contribution in [3.05, 3.63) is 34.9 Å². The molecule has 0 aromatic heterocycles. The molecule has 1 atom stereocenters. The van der Waals surface area contributed by atoms with Gasteiger partial charge < -0.3 is 10.6 Å². The molecule has 0 bridgehead atoms. The van der Waals surface area contributed by atoms with Crippen molar-refractivity contribution in [3.63, 3.8) is 0 Å². The van der Waals surface area contributed by atoms with Crippen LogP contribution in [-0.4, -0.2) is 54.2 Å². The Bertz CT molecular complexity index is 833. The quantitative estimate of drug-likeness (QED) is 0.457. The van der Waals surface area contributed by atoms with Gasteiger partial charge in [-0.15, -0.1) is 0 Å². The van der Waals surface area contributed by atoms with Crippen LogP contribution < -0.4 is 16.0 Å². The zero-order valence-electron chi connectivity index (χ0n) is 15.6. The van der Waals surface area contributed by atoms with Gasteiger partial charge in [-0.2, -0.15) is 0 Å². The summed E-state index contributed by atoms with van der Waals surface area (Å²) < 4.78 is 0. The number of imide groups is 2. The van der Waals surface area contributed by atoms with Gasteiger partial charge in [0.2, 0.25) is 11.8 Å². The second-order valence-corrected chi connectivity index (χ2v) is 7.67. The Morgan fingerprint density at radius 2 is 1.86 bits per heavy atom. The summed E-state index contributed by atoms with van der Waals surface area (Å²) in [5, 5.41) is 8.85. The fourth-order valence-electron chi connectivity index (χ4n) is 3.93. The number of amides is 4. The molecule has 3 aliphatic rings. The third-order valence-electron chi connectivity index (χ3n) is 5.67. The number of carbonyl (C=O) groups is 4. The smallest absolute Gasteiger partial charge is 0.262 e. The van der Waals surface area contributed by atoms with Gasteiger partial charge in [-0.05, 0) is 62.5 Å². The van der Waals surface area contributed by atoms with Gasteiger partial charge in [-0.1, -0.05) is 6.07 Å². The lowest BCUT2D eigenvalue weighted by atomic mass is 9.97. The molecular formula is C20H24N4O4. The van der Waals surface area contributed by atoms with E-state index in [1.807, 2.05) is 6.07 Å². The second kappa shape index (κ2) is 7.81. The molecular weight excluding hydrogens is 360 g/mol. The van der Waals surface area contributed by atoms with Crippen molar-refractivity contribution >= 4 is 23.6 Å². The number of carbonyl (C=O) groups excluding carboxylic acids is 4. The summed E-state index contributed by atoms with van der Waals surface area (Å²) >= 11 is 0. The van der Waals surface area contributed by atoms with E-state index in [1.54, 1.807) is 12.1 Å². The van der Waals surface area contributed by atoms with Crippen LogP contribution in [0.2, 0.25) is 0 Å². The van der Waals surface area contributed by atoms with Crippen molar-refractivity contribution in [1.29, 1.82) is 0 Å². The lowest BCUT2D eigenvalue weighted by Gasteiger charge is -2.27. The SMILES string of the molecule is O=C1CCC(N2C(=O)c3ccc(CNCCCC4CNC4)cc3C2=O)C(=O)N1. The Hall–Kier alpha value is -2.58. The van der Waals surface area contributed by atoms with Crippen LogP contribution in [0.25, 0.3) is 0 Å². The largest absolute Gasteiger partial charge is 0.316 e. The summed E-state index contributed by atoms with van der Waals surface area (Å²) in [5.74, 6) is -1.10. The standard InChI is InChI=1S/C20H24N4O4/c25-17-6-5-16(18(26)23-17)24-19(27)14-4-3-12(8-15(14)20(24)28)9-21-7-1-2-13-10-22-11-13/h3-4,8,13,16,21-22H,1-2,5-7,9-11H2,(H,23,25,26). The lowest BCUT2D eigenvalue weighted by molar-refractivity contribution is -0.136. The van der Waals surface area contributed by atoms with Crippen LogP contribution in [0.1, 0.15) is 52.0 Å². The van der Waals surface area contributed by atoms with Crippen LogP contribution in [0.5, 0.6) is 0 Å². The average molecular weight is 384 g/mol. The maximum atomic E-state index is 12.8. The van der Waals surface area contributed by atoms with Gasteiger partial charge in [0.15, 0.2) is 0 Å². The van der Waals surface area contributed by atoms with E-state index in [-0.39, 0.29) is 18.7 Å². The second-order valence-electron chi connectivity index (χ2n) is 7.67. The van der Waals surface area contributed by atoms with E-state index in [0.717, 1.165) is 42.4 Å². The first-order valence-electron chi connectivity index (χ1n) is 9.80. The first-order valence-corrected chi connectivity index (χ1v) is 9.80. The highest BCUT2D eigenvalue weighted by Crippen LogP contribution is 2.28. The third-order valence-corrected chi connectivity index (χ3v) is 5.67. The average Bonchev–Trinajstić information content (AvgIpc) is 2.87. The van der Waals surface area contributed by atoms with Crippen molar-refractivity contribution in [2.75, 3.05) is 19.6 Å². The summed E-state index contributed by atoms with van der Waals surface area (Å²) in [5.41, 5.74) is 1.57. The minimum atomic E-state index is -0.923. The molecule has 8 nitrogen and oxygen atoms in total. The Labute approximate surface area is 163 Å². The lowest BCUT2D eigenvalue weighted by Crippen LogP contribution is -2.54. The van der Waals surface area contributed by atoms with Crippen molar-refractivity contribution in [3.8, 4) is 0 Å². The van der Waals surface area contributed by atoms with Crippen LogP contribution in [0.4, 0.5) is 0 Å². The summed E-state index contributed by atoms with van der Waals surface area (Å²) in [6.45, 7) is 3.76. The fourth-order valence-corrected chi connectivity index (χ4v) is 3.93. The number of hydrogen-bond donors (Lipinski definition) is 3. The van der Waals surface area contributed by atoms with E-state index in [1.165, 1.54) is 6.42 Å². The zero-order chi connectivity index (χ0) is 19.7. The molecule has 0 aliphatic carbocycles. The van der Waals surface area contributed by atoms with Gasteiger partial charge in [0, 0.05) is 13.0 Å². The number of nitrogens with zero attached hydrogens (tertiary/aromatic N) is 1. The van der Waals surface area contributed by atoms with Crippen LogP contribution in [-0.2, 0) is 16.1 Å². The highest BCUT2D eigenvalue weighted by Gasteiger charge is 2.44. The van der Waals surface area contributed by atoms with E-state index in [4.69, 9.17) is 0 Å². The number of piperidine rings is 1. The summed E-state index contributed by atoms with van der Waals surface area (Å²) in [6, 6.07) is 4.29. The van der Waals surface area contributed by atoms with E-state index < -0.39 is 23.8 Å². The van der Waals surface area contributed by atoms with Gasteiger partial charge in [0.25, 0.3) is 11.8 Å². The molecule has 0 spiro atoms. The number of rotatable bonds is 7. The summed E-state index contributed by atoms with van der Waals surface area (Å²) in [6.07, 6.45) is 2.60. The normalized spacial score (nSPS) is 22.3. The van der Waals surface area contributed by atoms with Gasteiger partial charge in [0.05, 0.1) is 11.1 Å². The number of benzene rings is 1. The molecule has 3 N–H and O–H groups in total. The van der Waals surface area contributed by atoms with Crippen molar-refractivity contribution in [1.82, 2.24) is 20.9 Å². The molecule has 28 heavy (non-hydrogen) atoms. The van der Waals surface area contributed by atoms with Gasteiger partial charge in [0.1, 0.15) is 6.04 Å². The molecule has 0 saturated carbocycles. The summed E-state index contributed by atoms with van der Waals surface area (Å²) in [4.78, 5) is 49.9. The molecule has 2 fully saturated rings. The highest BCUT2D eigenvalue weighted by molar-refractivity contribution is 6.23. The number of fused-ring (bicyclic) bond motifs is 1. The van der Waals surface area contributed by atoms with Crippen LogP contribution >= 0.6 is 0 Å². The topological polar surface area (TPSA) is 108 Å². The minimum absolute atomic E-state index is 0.121. The fraction of sp³-hybridized carbons (Fsp3) is 0.500. The predicted octanol–water partition coefficient (Wildman–Crippen LogP) is 0.177. The Morgan fingerprint density at radius 1 is 1.07 bits per heavy atom. The van der Waals surface area contributed by atoms with Crippen molar-refractivity contribution < 1.29 is 19.2 Å². The van der Waals surface area contributed by atoms with Crippen LogP contribution in [0.3, 0.4) is 0 Å². The molecule has 148 valence electrons. The first-order chi connectivity index (χ1) is 13.5. The molecule has 3 heterocycles. The maximum Gasteiger partial charge on any atom is 0.262 e. The number of nitrogens with one attached hydrogen (secondary N) is 3. The monoisotopic (exact) mass is 384 g/mol. The first kappa shape index (κ1) is 18.8. The zero-order valence-corrected chi connectivity index (χ0v) is 15.6.